The molecule has 13 heteroatoms. The first-order valence-electron chi connectivity index (χ1n) is 13.7. The minimum absolute atomic E-state index is 0.145. The van der Waals surface area contributed by atoms with Crippen LogP contribution in [0, 0.1) is 27.7 Å². The number of rotatable bonds is 3. The van der Waals surface area contributed by atoms with E-state index in [-0.39, 0.29) is 17.7 Å². The molecule has 2 aliphatic heterocycles. The third-order valence-corrected chi connectivity index (χ3v) is 7.38. The summed E-state index contributed by atoms with van der Waals surface area (Å²) in [5.41, 5.74) is 13.4. The molecule has 0 saturated heterocycles. The number of hydrogen-bond acceptors (Lipinski definition) is 6. The van der Waals surface area contributed by atoms with E-state index in [4.69, 9.17) is 5.73 Å². The summed E-state index contributed by atoms with van der Waals surface area (Å²) in [5, 5.41) is 8.15. The van der Waals surface area contributed by atoms with Crippen molar-refractivity contribution >= 4 is 64.3 Å². The van der Waals surface area contributed by atoms with Gasteiger partial charge in [-0.3, -0.25) is 14.4 Å². The second-order valence-corrected chi connectivity index (χ2v) is 10.6. The zero-order chi connectivity index (χ0) is 32.3. The fraction of sp³-hybridized carbons (Fsp3) is 0.367. The summed E-state index contributed by atoms with van der Waals surface area (Å²) in [4.78, 5) is 57.5. The van der Waals surface area contributed by atoms with E-state index in [9.17, 15) is 14.4 Å². The molecule has 0 bridgehead atoms. The van der Waals surface area contributed by atoms with Crippen molar-refractivity contribution in [2.75, 3.05) is 11.1 Å². The molecule has 0 spiro atoms. The van der Waals surface area contributed by atoms with Crippen molar-refractivity contribution in [3.8, 4) is 0 Å². The lowest BCUT2D eigenvalue weighted by Gasteiger charge is -2.00. The summed E-state index contributed by atoms with van der Waals surface area (Å²) in [6.07, 6.45) is 0. The molecule has 0 aliphatic carbocycles. The minimum atomic E-state index is -0.169. The molecule has 0 aromatic carbocycles. The van der Waals surface area contributed by atoms with Gasteiger partial charge in [-0.25, -0.2) is 20.0 Å². The number of H-pyrrole nitrogens is 2. The average Bonchev–Trinajstić information content (AvgIpc) is 3.52. The van der Waals surface area contributed by atoms with E-state index in [0.717, 1.165) is 44.5 Å². The number of aromatic nitrogens is 2. The number of nitrogens with zero attached hydrogens (tertiary/aromatic N) is 4. The first kappa shape index (κ1) is 32.4. The van der Waals surface area contributed by atoms with Crippen LogP contribution in [0.25, 0.3) is 0 Å². The smallest absolute Gasteiger partial charge is 0.222 e. The number of anilines is 2. The van der Waals surface area contributed by atoms with Gasteiger partial charge in [-0.2, -0.15) is 0 Å². The molecule has 7 N–H and O–H groups in total. The summed E-state index contributed by atoms with van der Waals surface area (Å²) in [7, 11) is 0. The van der Waals surface area contributed by atoms with Gasteiger partial charge in [0, 0.05) is 31.9 Å². The molecule has 228 valence electrons. The Hall–Kier alpha value is -5.07. The van der Waals surface area contributed by atoms with Gasteiger partial charge in [-0.05, 0) is 88.8 Å². The first-order chi connectivity index (χ1) is 20.0. The monoisotopic (exact) mass is 588 g/mol. The van der Waals surface area contributed by atoms with Crippen LogP contribution in [0.4, 0.5) is 23.3 Å². The Bertz CT molecular complexity index is 1710. The summed E-state index contributed by atoms with van der Waals surface area (Å²) in [6, 6.07) is 0. The van der Waals surface area contributed by atoms with Crippen molar-refractivity contribution in [3.63, 3.8) is 0 Å². The molecule has 4 heterocycles. The zero-order valence-corrected chi connectivity index (χ0v) is 26.6. The molecular weight excluding hydrogens is 548 g/mol. The Morgan fingerprint density at radius 1 is 0.581 bits per heavy atom. The van der Waals surface area contributed by atoms with Gasteiger partial charge in [-0.15, -0.1) is 0 Å². The number of amidine groups is 4. The highest BCUT2D eigenvalue weighted by Crippen LogP contribution is 2.30. The van der Waals surface area contributed by atoms with Crippen molar-refractivity contribution in [2.45, 2.75) is 76.2 Å². The van der Waals surface area contributed by atoms with Crippen LogP contribution in [0.1, 0.15) is 70.7 Å². The predicted octanol–water partition coefficient (Wildman–Crippen LogP) is 4.63. The second kappa shape index (κ2) is 12.8. The quantitative estimate of drug-likeness (QED) is 0.304. The Balaban J connectivity index is 0.000000238. The summed E-state index contributed by atoms with van der Waals surface area (Å²) in [5.74, 6) is 4.36. The topological polar surface area (TPSA) is 194 Å². The number of nitrogens with one attached hydrogen (secondary N) is 5. The number of amides is 3. The zero-order valence-electron chi connectivity index (χ0n) is 26.6. The Morgan fingerprint density at radius 3 is 1.35 bits per heavy atom. The van der Waals surface area contributed by atoms with Gasteiger partial charge in [0.05, 0.1) is 0 Å². The van der Waals surface area contributed by atoms with Crippen LogP contribution in [0.2, 0.25) is 0 Å². The van der Waals surface area contributed by atoms with Gasteiger partial charge in [-0.1, -0.05) is 0 Å². The largest absolute Gasteiger partial charge is 0.385 e. The summed E-state index contributed by atoms with van der Waals surface area (Å²) >= 11 is 0. The van der Waals surface area contributed by atoms with Crippen molar-refractivity contribution in [1.82, 2.24) is 20.6 Å². The van der Waals surface area contributed by atoms with Crippen LogP contribution in [0.3, 0.4) is 0 Å². The van der Waals surface area contributed by atoms with Crippen LogP contribution in [-0.4, -0.2) is 51.0 Å². The van der Waals surface area contributed by atoms with Crippen molar-refractivity contribution < 1.29 is 14.4 Å². The van der Waals surface area contributed by atoms with E-state index in [1.807, 2.05) is 55.4 Å². The summed E-state index contributed by atoms with van der Waals surface area (Å²) < 4.78 is 0. The molecule has 2 aromatic heterocycles. The van der Waals surface area contributed by atoms with E-state index in [1.165, 1.54) is 20.8 Å². The van der Waals surface area contributed by atoms with Gasteiger partial charge in [0.25, 0.3) is 0 Å². The molecule has 13 nitrogen and oxygen atoms in total. The van der Waals surface area contributed by atoms with Gasteiger partial charge < -0.3 is 31.7 Å². The standard InChI is InChI=1S/C16H21N5O2.C14H19N5O/c1-7-9(3)15(19-13(7)17-11(5)22)21-16-10(4)8(2)14(20-16)18-12(6)23;1-6-7(2)13(17-11(6)15)19-14-9(4)8(3)12(18-14)16-10(5)20/h19H,1-6H3,(H,17,22)(H,18,20,21,23);17H,15H2,1-5H3,(H,16,18,19,20). The third-order valence-electron chi connectivity index (χ3n) is 7.38. The maximum absolute atomic E-state index is 11.2. The Labute approximate surface area is 251 Å². The number of aliphatic imine (C=N–C) groups is 4. The molecule has 0 unspecified atom stereocenters. The van der Waals surface area contributed by atoms with E-state index in [1.54, 1.807) is 0 Å². The van der Waals surface area contributed by atoms with E-state index >= 15 is 0 Å². The lowest BCUT2D eigenvalue weighted by Crippen LogP contribution is -2.27. The van der Waals surface area contributed by atoms with Crippen LogP contribution < -0.4 is 21.7 Å². The maximum atomic E-state index is 11.2. The number of carbonyl (C=O) groups is 3. The van der Waals surface area contributed by atoms with Crippen molar-refractivity contribution in [1.29, 1.82) is 0 Å². The minimum Gasteiger partial charge on any atom is -0.385 e. The number of aromatic amines is 2. The van der Waals surface area contributed by atoms with Gasteiger partial charge in [0.15, 0.2) is 11.7 Å². The molecule has 0 fully saturated rings. The van der Waals surface area contributed by atoms with Gasteiger partial charge in [0.1, 0.15) is 34.9 Å². The van der Waals surface area contributed by atoms with Crippen molar-refractivity contribution in [2.24, 2.45) is 20.0 Å². The lowest BCUT2D eigenvalue weighted by molar-refractivity contribution is -0.118. The number of hydrogen-bond donors (Lipinski definition) is 6. The van der Waals surface area contributed by atoms with Crippen LogP contribution >= 0.6 is 0 Å². The van der Waals surface area contributed by atoms with Crippen LogP contribution in [0.5, 0.6) is 0 Å². The Morgan fingerprint density at radius 2 is 0.977 bits per heavy atom. The van der Waals surface area contributed by atoms with Gasteiger partial charge in [0.2, 0.25) is 17.7 Å². The summed E-state index contributed by atoms with van der Waals surface area (Å²) in [6.45, 7) is 19.7. The van der Waals surface area contributed by atoms with Crippen LogP contribution in [0.15, 0.2) is 42.3 Å². The van der Waals surface area contributed by atoms with E-state index < -0.39 is 0 Å². The fourth-order valence-electron chi connectivity index (χ4n) is 4.13. The SMILES string of the molecule is CC(=O)NC1=NC(=Nc2[nH]c(N)c(C)c2C)C(C)=C1C.CC(=O)NC1=NC(=Nc2[nH]c(NC(C)=O)c(C)c2C)C(C)=C1C. The maximum Gasteiger partial charge on any atom is 0.222 e. The van der Waals surface area contributed by atoms with E-state index in [2.05, 4.69) is 45.9 Å². The molecule has 43 heavy (non-hydrogen) atoms. The third kappa shape index (κ3) is 7.23. The van der Waals surface area contributed by atoms with Crippen LogP contribution in [-0.2, 0) is 14.4 Å². The van der Waals surface area contributed by atoms with E-state index in [0.29, 0.717) is 46.6 Å². The highest BCUT2D eigenvalue weighted by Gasteiger charge is 2.22. The van der Waals surface area contributed by atoms with Crippen molar-refractivity contribution in [3.05, 3.63) is 44.5 Å². The molecule has 2 aromatic rings. The molecular formula is C30H40N10O3. The number of carbonyl (C=O) groups excluding carboxylic acids is 3. The highest BCUT2D eigenvalue weighted by molar-refractivity contribution is 6.24. The molecule has 2 aliphatic rings. The second-order valence-electron chi connectivity index (χ2n) is 10.6. The molecule has 0 saturated carbocycles. The predicted molar refractivity (Wildman–Crippen MR) is 173 cm³/mol. The number of nitrogen functional groups attached to an aromatic ring is 1. The highest BCUT2D eigenvalue weighted by atomic mass is 16.2. The van der Waals surface area contributed by atoms with Gasteiger partial charge >= 0.3 is 0 Å². The normalized spacial score (nSPS) is 16.3. The molecule has 0 atom stereocenters. The molecule has 4 rings (SSSR count). The molecule has 3 amide bonds. The molecule has 0 radical (unpaired) electrons. The first-order valence-corrected chi connectivity index (χ1v) is 13.7. The fourth-order valence-corrected chi connectivity index (χ4v) is 4.13. The number of nitrogens with two attached hydrogens (primary N) is 1. The average molecular weight is 589 g/mol. The lowest BCUT2D eigenvalue weighted by atomic mass is 10.1. The Kier molecular flexibility index (Phi) is 9.69.